The van der Waals surface area contributed by atoms with Crippen molar-refractivity contribution in [3.05, 3.63) is 21.9 Å². The quantitative estimate of drug-likeness (QED) is 0.874. The highest BCUT2D eigenvalue weighted by Gasteiger charge is 2.16. The van der Waals surface area contributed by atoms with Crippen LogP contribution in [-0.4, -0.2) is 44.4 Å². The maximum absolute atomic E-state index is 12.0. The first-order chi connectivity index (χ1) is 9.25. The average molecular weight is 318 g/mol. The van der Waals surface area contributed by atoms with Crippen LogP contribution < -0.4 is 5.32 Å². The number of thiophene rings is 1. The Morgan fingerprint density at radius 2 is 2.10 bits per heavy atom. The zero-order valence-corrected chi connectivity index (χ0v) is 14.0. The van der Waals surface area contributed by atoms with Crippen LogP contribution >= 0.6 is 11.3 Å². The van der Waals surface area contributed by atoms with E-state index >= 15 is 0 Å². The third kappa shape index (κ3) is 5.13. The van der Waals surface area contributed by atoms with E-state index in [1.54, 1.807) is 25.3 Å². The van der Waals surface area contributed by atoms with Gasteiger partial charge in [-0.2, -0.15) is 0 Å². The van der Waals surface area contributed by atoms with Gasteiger partial charge in [-0.3, -0.25) is 0 Å². The van der Waals surface area contributed by atoms with E-state index < -0.39 is 9.84 Å². The molecule has 7 heteroatoms. The van der Waals surface area contributed by atoms with Crippen molar-refractivity contribution in [3.63, 3.8) is 0 Å². The summed E-state index contributed by atoms with van der Waals surface area (Å²) in [5.41, 5.74) is 0. The van der Waals surface area contributed by atoms with Gasteiger partial charge in [-0.05, 0) is 26.0 Å². The van der Waals surface area contributed by atoms with Crippen molar-refractivity contribution in [2.45, 2.75) is 26.8 Å². The Morgan fingerprint density at radius 1 is 1.45 bits per heavy atom. The molecule has 1 N–H and O–H groups in total. The van der Waals surface area contributed by atoms with Crippen molar-refractivity contribution in [2.75, 3.05) is 25.1 Å². The van der Waals surface area contributed by atoms with Crippen LogP contribution in [0.4, 0.5) is 4.79 Å². The van der Waals surface area contributed by atoms with Gasteiger partial charge in [-0.25, -0.2) is 13.2 Å². The van der Waals surface area contributed by atoms with Gasteiger partial charge >= 0.3 is 6.03 Å². The highest BCUT2D eigenvalue weighted by atomic mass is 32.2. The first kappa shape index (κ1) is 17.0. The van der Waals surface area contributed by atoms with E-state index in [1.807, 2.05) is 26.0 Å². The third-order valence-electron chi connectivity index (χ3n) is 3.05. The van der Waals surface area contributed by atoms with E-state index in [0.29, 0.717) is 0 Å². The predicted molar refractivity (Wildman–Crippen MR) is 83.0 cm³/mol. The van der Waals surface area contributed by atoms with Crippen molar-refractivity contribution in [1.82, 2.24) is 10.2 Å². The van der Waals surface area contributed by atoms with Gasteiger partial charge in [0, 0.05) is 29.1 Å². The second-order valence-corrected chi connectivity index (χ2v) is 8.57. The number of nitrogens with one attached hydrogen (secondary N) is 1. The first-order valence-electron chi connectivity index (χ1n) is 6.53. The number of sulfone groups is 1. The maximum atomic E-state index is 12.0. The lowest BCUT2D eigenvalue weighted by atomic mass is 10.3. The second kappa shape index (κ2) is 7.08. The fourth-order valence-electron chi connectivity index (χ4n) is 1.57. The van der Waals surface area contributed by atoms with Crippen LogP contribution in [0.1, 0.15) is 29.6 Å². The topological polar surface area (TPSA) is 66.5 Å². The van der Waals surface area contributed by atoms with Gasteiger partial charge in [0.05, 0.1) is 11.8 Å². The number of rotatable bonds is 6. The standard InChI is InChI=1S/C13H22N2O3S2/c1-5-20(17,18)9-8-15(4)13(16)14-11(3)12-7-6-10(2)19-12/h6-7,11H,5,8-9H2,1-4H3,(H,14,16)/t11-/m0/s1. The molecule has 0 fully saturated rings. The molecule has 1 aromatic heterocycles. The Hall–Kier alpha value is -1.08. The number of hydrogen-bond acceptors (Lipinski definition) is 4. The van der Waals surface area contributed by atoms with Gasteiger partial charge in [0.1, 0.15) is 0 Å². The maximum Gasteiger partial charge on any atom is 0.317 e. The fraction of sp³-hybridized carbons (Fsp3) is 0.615. The van der Waals surface area contributed by atoms with Crippen LogP contribution in [0.3, 0.4) is 0 Å². The lowest BCUT2D eigenvalue weighted by Gasteiger charge is -2.20. The SMILES string of the molecule is CCS(=O)(=O)CCN(C)C(=O)N[C@@H](C)c1ccc(C)s1. The van der Waals surface area contributed by atoms with Gasteiger partial charge in [0.15, 0.2) is 9.84 Å². The molecule has 0 aromatic carbocycles. The monoisotopic (exact) mass is 318 g/mol. The Morgan fingerprint density at radius 3 is 2.60 bits per heavy atom. The Kier molecular flexibility index (Phi) is 6.01. The number of urea groups is 1. The lowest BCUT2D eigenvalue weighted by Crippen LogP contribution is -2.40. The number of amides is 2. The summed E-state index contributed by atoms with van der Waals surface area (Å²) in [5, 5.41) is 2.87. The van der Waals surface area contributed by atoms with E-state index in [0.717, 1.165) is 4.88 Å². The van der Waals surface area contributed by atoms with Crippen LogP contribution in [0, 0.1) is 6.92 Å². The summed E-state index contributed by atoms with van der Waals surface area (Å²) in [6.45, 7) is 5.75. The van der Waals surface area contributed by atoms with Gasteiger partial charge in [-0.15, -0.1) is 11.3 Å². The lowest BCUT2D eigenvalue weighted by molar-refractivity contribution is 0.208. The Labute approximate surface area is 124 Å². The zero-order valence-electron chi connectivity index (χ0n) is 12.3. The number of aryl methyl sites for hydroxylation is 1. The summed E-state index contributed by atoms with van der Waals surface area (Å²) in [6.07, 6.45) is 0. The smallest absolute Gasteiger partial charge is 0.317 e. The molecule has 1 rings (SSSR count). The van der Waals surface area contributed by atoms with Crippen LogP contribution in [0.5, 0.6) is 0 Å². The number of hydrogen-bond donors (Lipinski definition) is 1. The van der Waals surface area contributed by atoms with Gasteiger partial charge < -0.3 is 10.2 Å². The normalized spacial score (nSPS) is 13.0. The average Bonchev–Trinajstić information content (AvgIpc) is 2.82. The van der Waals surface area contributed by atoms with Crippen LogP contribution in [0.15, 0.2) is 12.1 Å². The highest BCUT2D eigenvalue weighted by Crippen LogP contribution is 2.22. The van der Waals surface area contributed by atoms with Gasteiger partial charge in [0.25, 0.3) is 0 Å². The van der Waals surface area contributed by atoms with Gasteiger partial charge in [-0.1, -0.05) is 6.92 Å². The highest BCUT2D eigenvalue weighted by molar-refractivity contribution is 7.91. The van der Waals surface area contributed by atoms with E-state index in [-0.39, 0.29) is 30.1 Å². The fourth-order valence-corrected chi connectivity index (χ4v) is 3.29. The predicted octanol–water partition coefficient (Wildman–Crippen LogP) is 2.19. The van der Waals surface area contributed by atoms with Crippen LogP contribution in [0.25, 0.3) is 0 Å². The summed E-state index contributed by atoms with van der Waals surface area (Å²) in [5.74, 6) is 0.104. The number of nitrogens with zero attached hydrogens (tertiary/aromatic N) is 1. The minimum absolute atomic E-state index is 0.0000882. The van der Waals surface area contributed by atoms with Crippen molar-refractivity contribution in [3.8, 4) is 0 Å². The molecule has 0 aliphatic heterocycles. The third-order valence-corrected chi connectivity index (χ3v) is 5.92. The minimum atomic E-state index is -3.04. The molecule has 5 nitrogen and oxygen atoms in total. The van der Waals surface area contributed by atoms with Crippen LogP contribution in [-0.2, 0) is 9.84 Å². The van der Waals surface area contributed by atoms with Crippen molar-refractivity contribution in [2.24, 2.45) is 0 Å². The van der Waals surface area contributed by atoms with E-state index in [2.05, 4.69) is 5.32 Å². The molecule has 0 aliphatic carbocycles. The molecule has 0 saturated heterocycles. The molecule has 0 radical (unpaired) electrons. The van der Waals surface area contributed by atoms with Crippen molar-refractivity contribution in [1.29, 1.82) is 0 Å². The van der Waals surface area contributed by atoms with Crippen LogP contribution in [0.2, 0.25) is 0 Å². The largest absolute Gasteiger partial charge is 0.331 e. The molecule has 0 unspecified atom stereocenters. The van der Waals surface area contributed by atoms with E-state index in [1.165, 1.54) is 9.78 Å². The number of carbonyl (C=O) groups is 1. The Bertz CT molecular complexity index is 552. The zero-order chi connectivity index (χ0) is 15.3. The summed E-state index contributed by atoms with van der Waals surface area (Å²) in [4.78, 5) is 15.7. The summed E-state index contributed by atoms with van der Waals surface area (Å²) in [6, 6.07) is 3.67. The number of carbonyl (C=O) groups excluding carboxylic acids is 1. The van der Waals surface area contributed by atoms with E-state index in [4.69, 9.17) is 0 Å². The second-order valence-electron chi connectivity index (χ2n) is 4.78. The summed E-state index contributed by atoms with van der Waals surface area (Å²) in [7, 11) is -1.44. The molecular formula is C13H22N2O3S2. The van der Waals surface area contributed by atoms with Crippen molar-refractivity contribution >= 4 is 27.2 Å². The Balaban J connectivity index is 2.49. The molecule has 114 valence electrons. The molecule has 1 aromatic rings. The molecule has 1 atom stereocenters. The molecule has 0 aliphatic rings. The molecule has 2 amide bonds. The van der Waals surface area contributed by atoms with E-state index in [9.17, 15) is 13.2 Å². The summed E-state index contributed by atoms with van der Waals surface area (Å²) >= 11 is 1.64. The van der Waals surface area contributed by atoms with Crippen molar-refractivity contribution < 1.29 is 13.2 Å². The molecule has 0 spiro atoms. The molecule has 0 saturated carbocycles. The molecular weight excluding hydrogens is 296 g/mol. The molecule has 0 bridgehead atoms. The summed E-state index contributed by atoms with van der Waals surface area (Å²) < 4.78 is 22.8. The first-order valence-corrected chi connectivity index (χ1v) is 9.17. The minimum Gasteiger partial charge on any atom is -0.331 e. The van der Waals surface area contributed by atoms with Gasteiger partial charge in [0.2, 0.25) is 0 Å². The molecule has 20 heavy (non-hydrogen) atoms. The molecule has 1 heterocycles.